The van der Waals surface area contributed by atoms with Crippen molar-refractivity contribution in [2.45, 2.75) is 6.42 Å². The minimum Gasteiger partial charge on any atom is -0.454 e. The van der Waals surface area contributed by atoms with Gasteiger partial charge in [-0.05, 0) is 17.7 Å². The predicted molar refractivity (Wildman–Crippen MR) is 44.4 cm³/mol. The lowest BCUT2D eigenvalue weighted by Gasteiger charge is -1.99. The fraction of sp³-hybridized carbons (Fsp3) is 0.222. The van der Waals surface area contributed by atoms with Gasteiger partial charge in [0.2, 0.25) is 12.7 Å². The summed E-state index contributed by atoms with van der Waals surface area (Å²) in [6.45, 7) is 0.230. The number of fused-ring (bicyclic) bond motifs is 1. The van der Waals surface area contributed by atoms with Crippen molar-refractivity contribution < 1.29 is 14.3 Å². The summed E-state index contributed by atoms with van der Waals surface area (Å²) in [6, 6.07) is 5.25. The fourth-order valence-corrected chi connectivity index (χ4v) is 1.24. The number of benzene rings is 1. The summed E-state index contributed by atoms with van der Waals surface area (Å²) in [5.74, 6) is 0.749. The Morgan fingerprint density at radius 2 is 2.15 bits per heavy atom. The third-order valence-electron chi connectivity index (χ3n) is 1.80. The molecule has 0 spiro atoms. The van der Waals surface area contributed by atoms with Gasteiger partial charge < -0.3 is 9.47 Å². The minimum atomic E-state index is -0.598. The van der Waals surface area contributed by atoms with Crippen molar-refractivity contribution in [1.29, 1.82) is 0 Å². The normalized spacial score (nSPS) is 12.9. The Balaban J connectivity index is 2.25. The molecule has 0 aromatic heterocycles. The van der Waals surface area contributed by atoms with E-state index in [2.05, 4.69) is 0 Å². The second-order valence-corrected chi connectivity index (χ2v) is 2.79. The van der Waals surface area contributed by atoms with E-state index in [1.54, 1.807) is 18.2 Å². The number of amides is 1. The maximum absolute atomic E-state index is 10.5. The number of hydrogen-bond donors (Lipinski definition) is 0. The van der Waals surface area contributed by atoms with E-state index < -0.39 is 5.91 Å². The van der Waals surface area contributed by atoms with Crippen LogP contribution in [-0.2, 0) is 11.2 Å². The van der Waals surface area contributed by atoms with Crippen LogP contribution >= 0.6 is 0 Å². The van der Waals surface area contributed by atoms with Gasteiger partial charge in [0, 0.05) is 0 Å². The van der Waals surface area contributed by atoms with Crippen LogP contribution in [0.5, 0.6) is 11.5 Å². The zero-order valence-electron chi connectivity index (χ0n) is 6.87. The Labute approximate surface area is 75.2 Å². The van der Waals surface area contributed by atoms with Gasteiger partial charge in [-0.15, -0.1) is 0 Å². The predicted octanol–water partition coefficient (Wildman–Crippen LogP) is 0.767. The first-order valence-electron chi connectivity index (χ1n) is 3.88. The number of ether oxygens (including phenoxy) is 2. The molecule has 0 saturated heterocycles. The maximum Gasteiger partial charge on any atom is 0.242 e. The average molecular weight is 178 g/mol. The molecule has 4 heteroatoms. The molecule has 2 rings (SSSR count). The molecule has 0 fully saturated rings. The Morgan fingerprint density at radius 3 is 2.92 bits per heavy atom. The highest BCUT2D eigenvalue weighted by Gasteiger charge is 2.13. The lowest BCUT2D eigenvalue weighted by molar-refractivity contribution is -0.118. The number of carbonyl (C=O) groups is 1. The Hall–Kier alpha value is -1.71. The molecule has 1 aromatic rings. The van der Waals surface area contributed by atoms with E-state index in [9.17, 15) is 4.79 Å². The van der Waals surface area contributed by atoms with Gasteiger partial charge in [-0.1, -0.05) is 6.07 Å². The second kappa shape index (κ2) is 2.97. The zero-order valence-corrected chi connectivity index (χ0v) is 6.87. The van der Waals surface area contributed by atoms with Crippen LogP contribution in [0.4, 0.5) is 0 Å². The Kier molecular flexibility index (Phi) is 1.81. The first-order chi connectivity index (χ1) is 6.25. The summed E-state index contributed by atoms with van der Waals surface area (Å²) in [5, 5.41) is 0. The summed E-state index contributed by atoms with van der Waals surface area (Å²) in [6.07, 6.45) is 0.122. The Morgan fingerprint density at radius 1 is 1.38 bits per heavy atom. The van der Waals surface area contributed by atoms with E-state index in [1.807, 2.05) is 0 Å². The molecule has 0 bridgehead atoms. The molecule has 67 valence electrons. The lowest BCUT2D eigenvalue weighted by Crippen LogP contribution is -2.01. The molecule has 0 aliphatic carbocycles. The lowest BCUT2D eigenvalue weighted by atomic mass is 10.1. The molecule has 1 heterocycles. The number of rotatable bonds is 2. The van der Waals surface area contributed by atoms with Crippen LogP contribution in [0, 0.1) is 0 Å². The minimum absolute atomic E-state index is 0.122. The van der Waals surface area contributed by atoms with Crippen molar-refractivity contribution in [3.63, 3.8) is 0 Å². The summed E-state index contributed by atoms with van der Waals surface area (Å²) in [5.41, 5.74) is 7.58. The molecule has 13 heavy (non-hydrogen) atoms. The molecule has 1 N–H and O–H groups in total. The van der Waals surface area contributed by atoms with Gasteiger partial charge in [-0.25, -0.2) is 0 Å². The highest BCUT2D eigenvalue weighted by atomic mass is 16.7. The van der Waals surface area contributed by atoms with Gasteiger partial charge in [0.1, 0.15) is 0 Å². The van der Waals surface area contributed by atoms with Crippen LogP contribution in [0.25, 0.3) is 0 Å². The van der Waals surface area contributed by atoms with E-state index in [0.717, 1.165) is 5.56 Å². The largest absolute Gasteiger partial charge is 0.454 e. The van der Waals surface area contributed by atoms with E-state index in [1.165, 1.54) is 0 Å². The second-order valence-electron chi connectivity index (χ2n) is 2.79. The maximum atomic E-state index is 10.5. The average Bonchev–Trinajstić information content (AvgIpc) is 2.49. The molecule has 0 saturated carbocycles. The van der Waals surface area contributed by atoms with Crippen LogP contribution in [0.2, 0.25) is 0 Å². The number of hydrogen-bond acceptors (Lipinski definition) is 3. The topological polar surface area (TPSA) is 59.3 Å². The van der Waals surface area contributed by atoms with Crippen molar-refractivity contribution in [3.8, 4) is 11.5 Å². The highest BCUT2D eigenvalue weighted by molar-refractivity contribution is 5.76. The number of carbonyl (C=O) groups excluding carboxylic acids is 1. The summed E-state index contributed by atoms with van der Waals surface area (Å²) >= 11 is 0. The van der Waals surface area contributed by atoms with Gasteiger partial charge in [-0.2, -0.15) is 0 Å². The van der Waals surface area contributed by atoms with Crippen molar-refractivity contribution in [2.75, 3.05) is 6.79 Å². The third-order valence-corrected chi connectivity index (χ3v) is 1.80. The van der Waals surface area contributed by atoms with Crippen molar-refractivity contribution in [1.82, 2.24) is 5.73 Å². The first kappa shape index (κ1) is 7.91. The standard InChI is InChI=1S/C9H8NO3/c10-9(11)4-6-1-2-7-8(3-6)13-5-12-7/h1-3,10H,4-5H2. The van der Waals surface area contributed by atoms with Crippen LogP contribution < -0.4 is 15.2 Å². The molecule has 0 atom stereocenters. The van der Waals surface area contributed by atoms with Crippen molar-refractivity contribution >= 4 is 5.91 Å². The quantitative estimate of drug-likeness (QED) is 0.671. The van der Waals surface area contributed by atoms with Gasteiger partial charge in [0.05, 0.1) is 6.42 Å². The molecule has 4 nitrogen and oxygen atoms in total. The van der Waals surface area contributed by atoms with Crippen LogP contribution in [0.15, 0.2) is 18.2 Å². The van der Waals surface area contributed by atoms with Crippen molar-refractivity contribution in [3.05, 3.63) is 23.8 Å². The molecule has 0 unspecified atom stereocenters. The molecule has 1 aliphatic heterocycles. The smallest absolute Gasteiger partial charge is 0.242 e. The van der Waals surface area contributed by atoms with Crippen LogP contribution in [0.1, 0.15) is 5.56 Å². The SMILES string of the molecule is [NH]C(=O)Cc1ccc2c(c1)OCO2. The molecular formula is C9H8NO3. The first-order valence-corrected chi connectivity index (χ1v) is 3.88. The monoisotopic (exact) mass is 178 g/mol. The summed E-state index contributed by atoms with van der Waals surface area (Å²) < 4.78 is 10.2. The van der Waals surface area contributed by atoms with Crippen LogP contribution in [-0.4, -0.2) is 12.7 Å². The van der Waals surface area contributed by atoms with Gasteiger partial charge in [0.25, 0.3) is 0 Å². The van der Waals surface area contributed by atoms with Gasteiger partial charge in [0.15, 0.2) is 11.5 Å². The molecule has 1 amide bonds. The highest BCUT2D eigenvalue weighted by Crippen LogP contribution is 2.32. The fourth-order valence-electron chi connectivity index (χ4n) is 1.24. The number of nitrogens with one attached hydrogen (secondary N) is 1. The molecule has 1 radical (unpaired) electrons. The van der Waals surface area contributed by atoms with Crippen LogP contribution in [0.3, 0.4) is 0 Å². The summed E-state index contributed by atoms with van der Waals surface area (Å²) in [4.78, 5) is 10.5. The third kappa shape index (κ3) is 1.56. The van der Waals surface area contributed by atoms with E-state index >= 15 is 0 Å². The Bertz CT molecular complexity index is 349. The molecule has 1 aliphatic rings. The van der Waals surface area contributed by atoms with Gasteiger partial charge >= 0.3 is 0 Å². The zero-order chi connectivity index (χ0) is 9.26. The van der Waals surface area contributed by atoms with E-state index in [0.29, 0.717) is 11.5 Å². The van der Waals surface area contributed by atoms with Gasteiger partial charge in [-0.3, -0.25) is 10.5 Å². The van der Waals surface area contributed by atoms with E-state index in [4.69, 9.17) is 15.2 Å². The summed E-state index contributed by atoms with van der Waals surface area (Å²) in [7, 11) is 0. The van der Waals surface area contributed by atoms with Crippen molar-refractivity contribution in [2.24, 2.45) is 0 Å². The molecule has 1 aromatic carbocycles. The molecular weight excluding hydrogens is 170 g/mol. The van der Waals surface area contributed by atoms with E-state index in [-0.39, 0.29) is 13.2 Å².